The third kappa shape index (κ3) is 2.82. The SMILES string of the molecule is c1cnn(CCCNC2CCNC2)c1. The molecule has 0 spiro atoms. The summed E-state index contributed by atoms with van der Waals surface area (Å²) in [5.74, 6) is 0. The summed E-state index contributed by atoms with van der Waals surface area (Å²) < 4.78 is 1.98. The molecule has 1 fully saturated rings. The Morgan fingerprint density at radius 1 is 1.57 bits per heavy atom. The molecule has 4 nitrogen and oxygen atoms in total. The van der Waals surface area contributed by atoms with Crippen molar-refractivity contribution in [3.63, 3.8) is 0 Å². The second-order valence-electron chi connectivity index (χ2n) is 3.77. The molecule has 0 aliphatic carbocycles. The van der Waals surface area contributed by atoms with Gasteiger partial charge in [0.05, 0.1) is 0 Å². The molecule has 1 aromatic heterocycles. The number of aromatic nitrogens is 2. The second-order valence-corrected chi connectivity index (χ2v) is 3.77. The molecule has 0 bridgehead atoms. The summed E-state index contributed by atoms with van der Waals surface area (Å²) >= 11 is 0. The maximum absolute atomic E-state index is 4.16. The van der Waals surface area contributed by atoms with E-state index < -0.39 is 0 Å². The first-order chi connectivity index (χ1) is 6.95. The fourth-order valence-corrected chi connectivity index (χ4v) is 1.81. The Kier molecular flexibility index (Phi) is 3.54. The van der Waals surface area contributed by atoms with E-state index >= 15 is 0 Å². The maximum Gasteiger partial charge on any atom is 0.0489 e. The van der Waals surface area contributed by atoms with E-state index in [0.29, 0.717) is 6.04 Å². The smallest absolute Gasteiger partial charge is 0.0489 e. The van der Waals surface area contributed by atoms with E-state index in [2.05, 4.69) is 15.7 Å². The molecule has 78 valence electrons. The summed E-state index contributed by atoms with van der Waals surface area (Å²) in [7, 11) is 0. The number of nitrogens with zero attached hydrogens (tertiary/aromatic N) is 2. The number of hydrogen-bond donors (Lipinski definition) is 2. The summed E-state index contributed by atoms with van der Waals surface area (Å²) in [4.78, 5) is 0. The van der Waals surface area contributed by atoms with Gasteiger partial charge in [-0.1, -0.05) is 0 Å². The van der Waals surface area contributed by atoms with Gasteiger partial charge in [-0.2, -0.15) is 5.10 Å². The third-order valence-corrected chi connectivity index (χ3v) is 2.62. The topological polar surface area (TPSA) is 41.9 Å². The molecular weight excluding hydrogens is 176 g/mol. The molecule has 1 aliphatic heterocycles. The first kappa shape index (κ1) is 9.68. The van der Waals surface area contributed by atoms with Gasteiger partial charge in [-0.05, 0) is 32.0 Å². The van der Waals surface area contributed by atoms with Crippen LogP contribution in [0.2, 0.25) is 0 Å². The predicted molar refractivity (Wildman–Crippen MR) is 56.1 cm³/mol. The summed E-state index contributed by atoms with van der Waals surface area (Å²) in [6.07, 6.45) is 6.26. The highest BCUT2D eigenvalue weighted by atomic mass is 15.3. The Balaban J connectivity index is 1.55. The average molecular weight is 194 g/mol. The van der Waals surface area contributed by atoms with Crippen molar-refractivity contribution in [1.82, 2.24) is 20.4 Å². The summed E-state index contributed by atoms with van der Waals surface area (Å²) in [5, 5.41) is 11.0. The van der Waals surface area contributed by atoms with Crippen molar-refractivity contribution in [3.05, 3.63) is 18.5 Å². The molecule has 2 N–H and O–H groups in total. The van der Waals surface area contributed by atoms with E-state index in [1.807, 2.05) is 23.1 Å². The number of aryl methyl sites for hydroxylation is 1. The van der Waals surface area contributed by atoms with Gasteiger partial charge >= 0.3 is 0 Å². The molecule has 1 unspecified atom stereocenters. The van der Waals surface area contributed by atoms with Gasteiger partial charge in [0.2, 0.25) is 0 Å². The van der Waals surface area contributed by atoms with Crippen LogP contribution >= 0.6 is 0 Å². The fourth-order valence-electron chi connectivity index (χ4n) is 1.81. The fraction of sp³-hybridized carbons (Fsp3) is 0.700. The molecule has 0 radical (unpaired) electrons. The van der Waals surface area contributed by atoms with Crippen LogP contribution in [0.3, 0.4) is 0 Å². The monoisotopic (exact) mass is 194 g/mol. The minimum Gasteiger partial charge on any atom is -0.315 e. The van der Waals surface area contributed by atoms with Crippen LogP contribution in [0.1, 0.15) is 12.8 Å². The Labute approximate surface area is 84.7 Å². The van der Waals surface area contributed by atoms with Crippen LogP contribution in [0.5, 0.6) is 0 Å². The van der Waals surface area contributed by atoms with E-state index in [1.54, 1.807) is 0 Å². The normalized spacial score (nSPS) is 21.6. The van der Waals surface area contributed by atoms with Crippen LogP contribution in [-0.2, 0) is 6.54 Å². The lowest BCUT2D eigenvalue weighted by Gasteiger charge is -2.10. The lowest BCUT2D eigenvalue weighted by Crippen LogP contribution is -2.32. The molecule has 0 amide bonds. The van der Waals surface area contributed by atoms with Crippen molar-refractivity contribution >= 4 is 0 Å². The van der Waals surface area contributed by atoms with Crippen LogP contribution in [0.4, 0.5) is 0 Å². The lowest BCUT2D eigenvalue weighted by molar-refractivity contribution is 0.496. The Morgan fingerprint density at radius 2 is 2.57 bits per heavy atom. The molecule has 14 heavy (non-hydrogen) atoms. The Hall–Kier alpha value is -0.870. The minimum atomic E-state index is 0.688. The Morgan fingerprint density at radius 3 is 3.29 bits per heavy atom. The molecule has 1 aliphatic rings. The van der Waals surface area contributed by atoms with Gasteiger partial charge in [-0.25, -0.2) is 0 Å². The van der Waals surface area contributed by atoms with Gasteiger partial charge < -0.3 is 10.6 Å². The van der Waals surface area contributed by atoms with Gasteiger partial charge in [0.15, 0.2) is 0 Å². The molecule has 0 aromatic carbocycles. The lowest BCUT2D eigenvalue weighted by atomic mass is 10.2. The summed E-state index contributed by atoms with van der Waals surface area (Å²) in [6, 6.07) is 2.65. The van der Waals surface area contributed by atoms with Crippen LogP contribution in [0, 0.1) is 0 Å². The van der Waals surface area contributed by atoms with Crippen molar-refractivity contribution in [3.8, 4) is 0 Å². The highest BCUT2D eigenvalue weighted by Gasteiger charge is 2.12. The van der Waals surface area contributed by atoms with Crippen LogP contribution in [0.15, 0.2) is 18.5 Å². The molecule has 0 saturated carbocycles. The zero-order chi connectivity index (χ0) is 9.64. The van der Waals surface area contributed by atoms with Crippen LogP contribution < -0.4 is 10.6 Å². The summed E-state index contributed by atoms with van der Waals surface area (Å²) in [6.45, 7) is 4.39. The zero-order valence-corrected chi connectivity index (χ0v) is 8.45. The van der Waals surface area contributed by atoms with E-state index in [1.165, 1.54) is 6.42 Å². The molecule has 4 heteroatoms. The first-order valence-electron chi connectivity index (χ1n) is 5.37. The van der Waals surface area contributed by atoms with Crippen molar-refractivity contribution in [2.45, 2.75) is 25.4 Å². The van der Waals surface area contributed by atoms with Crippen molar-refractivity contribution in [2.75, 3.05) is 19.6 Å². The van der Waals surface area contributed by atoms with Gasteiger partial charge in [0.1, 0.15) is 0 Å². The minimum absolute atomic E-state index is 0.688. The van der Waals surface area contributed by atoms with Gasteiger partial charge in [-0.15, -0.1) is 0 Å². The van der Waals surface area contributed by atoms with Gasteiger partial charge in [0, 0.05) is 31.5 Å². The largest absolute Gasteiger partial charge is 0.315 e. The van der Waals surface area contributed by atoms with E-state index in [0.717, 1.165) is 32.6 Å². The highest BCUT2D eigenvalue weighted by Crippen LogP contribution is 1.97. The van der Waals surface area contributed by atoms with Gasteiger partial charge in [0.25, 0.3) is 0 Å². The third-order valence-electron chi connectivity index (χ3n) is 2.62. The summed E-state index contributed by atoms with van der Waals surface area (Å²) in [5.41, 5.74) is 0. The van der Waals surface area contributed by atoms with Crippen LogP contribution in [-0.4, -0.2) is 35.5 Å². The second kappa shape index (κ2) is 5.12. The first-order valence-corrected chi connectivity index (χ1v) is 5.37. The number of hydrogen-bond acceptors (Lipinski definition) is 3. The standard InChI is InChI=1S/C10H18N4/c1(7-14-8-2-5-13-14)4-12-10-3-6-11-9-10/h2,5,8,10-12H,1,3-4,6-7,9H2. The molecule has 2 heterocycles. The highest BCUT2D eigenvalue weighted by molar-refractivity contribution is 4.79. The van der Waals surface area contributed by atoms with Gasteiger partial charge in [-0.3, -0.25) is 4.68 Å². The van der Waals surface area contributed by atoms with E-state index in [4.69, 9.17) is 0 Å². The molecule has 1 aromatic rings. The zero-order valence-electron chi connectivity index (χ0n) is 8.45. The van der Waals surface area contributed by atoms with Crippen LogP contribution in [0.25, 0.3) is 0 Å². The molecule has 2 rings (SSSR count). The van der Waals surface area contributed by atoms with E-state index in [9.17, 15) is 0 Å². The maximum atomic E-state index is 4.16. The number of rotatable bonds is 5. The van der Waals surface area contributed by atoms with Crippen molar-refractivity contribution < 1.29 is 0 Å². The van der Waals surface area contributed by atoms with Crippen molar-refractivity contribution in [1.29, 1.82) is 0 Å². The molecule has 1 saturated heterocycles. The van der Waals surface area contributed by atoms with E-state index in [-0.39, 0.29) is 0 Å². The predicted octanol–water partition coefficient (Wildman–Crippen LogP) is 0.225. The quantitative estimate of drug-likeness (QED) is 0.659. The number of nitrogens with one attached hydrogen (secondary N) is 2. The molecular formula is C10H18N4. The Bertz CT molecular complexity index is 239. The molecule has 1 atom stereocenters. The van der Waals surface area contributed by atoms with Crippen molar-refractivity contribution in [2.24, 2.45) is 0 Å². The average Bonchev–Trinajstić information content (AvgIpc) is 2.86.